The Kier molecular flexibility index (Phi) is 10.1. The number of amides is 3. The Labute approximate surface area is 245 Å². The number of nitrogens with one attached hydrogen (secondary N) is 3. The number of fused-ring (bicyclic) bond motifs is 4. The molecule has 0 spiro atoms. The highest BCUT2D eigenvalue weighted by atomic mass is 16.5. The lowest BCUT2D eigenvalue weighted by Gasteiger charge is -2.36. The van der Waals surface area contributed by atoms with E-state index in [0.717, 1.165) is 10.9 Å². The number of benzene rings is 1. The second-order valence-corrected chi connectivity index (χ2v) is 11.1. The molecule has 1 fully saturated rings. The van der Waals surface area contributed by atoms with Gasteiger partial charge in [-0.15, -0.1) is 0 Å². The summed E-state index contributed by atoms with van der Waals surface area (Å²) in [5.41, 5.74) is 7.38. The van der Waals surface area contributed by atoms with Gasteiger partial charge >= 0.3 is 5.97 Å². The summed E-state index contributed by atoms with van der Waals surface area (Å²) in [7, 11) is 0. The van der Waals surface area contributed by atoms with Gasteiger partial charge in [-0.1, -0.05) is 38.1 Å². The van der Waals surface area contributed by atoms with Crippen molar-refractivity contribution in [2.24, 2.45) is 11.8 Å². The number of pyridine rings is 1. The van der Waals surface area contributed by atoms with Crippen molar-refractivity contribution in [1.82, 2.24) is 26.2 Å². The molecule has 1 aromatic carbocycles. The fourth-order valence-corrected chi connectivity index (χ4v) is 4.83. The second-order valence-electron chi connectivity index (χ2n) is 11.1. The van der Waals surface area contributed by atoms with Crippen LogP contribution in [0.4, 0.5) is 5.82 Å². The maximum atomic E-state index is 13.4. The van der Waals surface area contributed by atoms with E-state index in [1.165, 1.54) is 5.01 Å². The fourth-order valence-electron chi connectivity index (χ4n) is 4.83. The van der Waals surface area contributed by atoms with Crippen LogP contribution in [0.2, 0.25) is 0 Å². The molecule has 2 aromatic rings. The summed E-state index contributed by atoms with van der Waals surface area (Å²) in [6, 6.07) is 7.75. The molecule has 42 heavy (non-hydrogen) atoms. The largest absolute Gasteiger partial charge is 0.452 e. The number of hydrazine groups is 2. The molecule has 0 saturated carbocycles. The van der Waals surface area contributed by atoms with Gasteiger partial charge in [-0.25, -0.2) is 10.4 Å². The van der Waals surface area contributed by atoms with E-state index in [1.807, 2.05) is 24.3 Å². The Hall–Kier alpha value is -4.03. The lowest BCUT2D eigenvalue weighted by molar-refractivity contribution is -0.161. The third-order valence-electron chi connectivity index (χ3n) is 7.32. The van der Waals surface area contributed by atoms with Crippen molar-refractivity contribution in [2.75, 3.05) is 24.7 Å². The molecule has 12 heteroatoms. The van der Waals surface area contributed by atoms with Crippen LogP contribution in [0.3, 0.4) is 0 Å². The van der Waals surface area contributed by atoms with E-state index in [2.05, 4.69) is 16.2 Å². The van der Waals surface area contributed by atoms with Gasteiger partial charge in [0.25, 0.3) is 17.7 Å². The summed E-state index contributed by atoms with van der Waals surface area (Å²) in [6.07, 6.45) is 3.87. The summed E-state index contributed by atoms with van der Waals surface area (Å²) in [4.78, 5) is 57.4. The number of carbonyl (C=O) groups excluding carboxylic acids is 4. The molecule has 12 nitrogen and oxygen atoms in total. The van der Waals surface area contributed by atoms with E-state index in [0.29, 0.717) is 43.7 Å². The van der Waals surface area contributed by atoms with Gasteiger partial charge in [-0.05, 0) is 62.8 Å². The normalized spacial score (nSPS) is 25.3. The number of aromatic nitrogens is 1. The summed E-state index contributed by atoms with van der Waals surface area (Å²) < 4.78 is 5.61. The van der Waals surface area contributed by atoms with Gasteiger partial charge in [0.1, 0.15) is 17.9 Å². The number of nitrogens with zero attached hydrogens (tertiary/aromatic N) is 3. The Morgan fingerprint density at radius 2 is 1.86 bits per heavy atom. The minimum Gasteiger partial charge on any atom is -0.452 e. The third-order valence-corrected chi connectivity index (χ3v) is 7.32. The molecule has 1 aromatic heterocycles. The Morgan fingerprint density at radius 3 is 2.60 bits per heavy atom. The van der Waals surface area contributed by atoms with E-state index in [1.54, 1.807) is 50.9 Å². The Bertz CT molecular complexity index is 1350. The van der Waals surface area contributed by atoms with Crippen LogP contribution in [-0.4, -0.2) is 76.7 Å². The standard InChI is InChI=1S/C30H40N6O6/c1-18(2)26-28(39)31-20(4)29(40)36-14-5-7-23(33-36)27(38)34-35(15-6-16-37)25-13-12-22-11-10-21(17-24(22)32-25)9-8-19(3)30(41)42-26/h8-13,17-20,23,26,33,37H,5-7,14-16H2,1-4H3,(H,31,39)(H,34,38)/b9-8+. The molecule has 3 amide bonds. The van der Waals surface area contributed by atoms with E-state index in [-0.39, 0.29) is 18.4 Å². The van der Waals surface area contributed by atoms with Gasteiger partial charge in [0.05, 0.1) is 11.4 Å². The molecular formula is C30H40N6O6. The molecule has 2 aliphatic rings. The summed E-state index contributed by atoms with van der Waals surface area (Å²) >= 11 is 0. The SMILES string of the molecule is CC1/C=C/c2ccc3ccc(nc3c2)N(CCCO)NC(=O)C2CCCN(N2)C(=O)C(C)NC(=O)C(C(C)C)OC1=O. The number of aliphatic hydroxyl groups is 1. The zero-order chi connectivity index (χ0) is 30.4. The van der Waals surface area contributed by atoms with E-state index < -0.39 is 41.9 Å². The number of esters is 1. The first-order chi connectivity index (χ1) is 20.1. The fraction of sp³-hybridized carbons (Fsp3) is 0.500. The average Bonchev–Trinajstić information content (AvgIpc) is 2.98. The monoisotopic (exact) mass is 580 g/mol. The summed E-state index contributed by atoms with van der Waals surface area (Å²) in [6.45, 7) is 7.38. The number of anilines is 1. The van der Waals surface area contributed by atoms with Crippen molar-refractivity contribution < 1.29 is 29.0 Å². The number of cyclic esters (lactones) is 1. The number of aliphatic hydroxyl groups excluding tert-OH is 1. The number of hydrogen-bond donors (Lipinski definition) is 4. The van der Waals surface area contributed by atoms with Crippen molar-refractivity contribution in [2.45, 2.75) is 65.1 Å². The molecule has 3 heterocycles. The van der Waals surface area contributed by atoms with Crippen LogP contribution in [-0.2, 0) is 23.9 Å². The highest BCUT2D eigenvalue weighted by molar-refractivity contribution is 5.91. The van der Waals surface area contributed by atoms with Crippen LogP contribution >= 0.6 is 0 Å². The van der Waals surface area contributed by atoms with E-state index in [4.69, 9.17) is 9.72 Å². The second kappa shape index (κ2) is 13.8. The molecule has 5 bridgehead atoms. The van der Waals surface area contributed by atoms with Gasteiger partial charge in [0.2, 0.25) is 0 Å². The van der Waals surface area contributed by atoms with Crippen molar-refractivity contribution in [3.05, 3.63) is 42.0 Å². The predicted molar refractivity (Wildman–Crippen MR) is 157 cm³/mol. The van der Waals surface area contributed by atoms with Gasteiger partial charge < -0.3 is 15.2 Å². The van der Waals surface area contributed by atoms with Crippen molar-refractivity contribution in [3.63, 3.8) is 0 Å². The van der Waals surface area contributed by atoms with Gasteiger partial charge in [0.15, 0.2) is 6.10 Å². The Balaban J connectivity index is 1.71. The predicted octanol–water partition coefficient (Wildman–Crippen LogP) is 1.69. The van der Waals surface area contributed by atoms with Crippen LogP contribution in [0.5, 0.6) is 0 Å². The highest BCUT2D eigenvalue weighted by Gasteiger charge is 2.34. The minimum atomic E-state index is -1.08. The van der Waals surface area contributed by atoms with Crippen LogP contribution in [0.1, 0.15) is 52.5 Å². The van der Waals surface area contributed by atoms with Crippen molar-refractivity contribution in [3.8, 4) is 0 Å². The first-order valence-corrected chi connectivity index (χ1v) is 14.4. The minimum absolute atomic E-state index is 0.0687. The smallest absolute Gasteiger partial charge is 0.313 e. The van der Waals surface area contributed by atoms with Crippen LogP contribution < -0.4 is 21.2 Å². The molecule has 4 unspecified atom stereocenters. The molecule has 2 aliphatic heterocycles. The van der Waals surface area contributed by atoms with Crippen molar-refractivity contribution >= 4 is 46.5 Å². The van der Waals surface area contributed by atoms with Crippen LogP contribution in [0.25, 0.3) is 17.0 Å². The van der Waals surface area contributed by atoms with Crippen molar-refractivity contribution in [1.29, 1.82) is 0 Å². The van der Waals surface area contributed by atoms with E-state index in [9.17, 15) is 24.3 Å². The summed E-state index contributed by atoms with van der Waals surface area (Å²) in [5.74, 6) is -2.37. The summed E-state index contributed by atoms with van der Waals surface area (Å²) in [5, 5.41) is 16.0. The van der Waals surface area contributed by atoms with E-state index >= 15 is 0 Å². The number of ether oxygens (including phenoxy) is 1. The topological polar surface area (TPSA) is 153 Å². The molecule has 4 rings (SSSR count). The lowest BCUT2D eigenvalue weighted by atomic mass is 10.0. The number of rotatable bonds is 4. The maximum Gasteiger partial charge on any atom is 0.313 e. The van der Waals surface area contributed by atoms with Gasteiger partial charge in [-0.2, -0.15) is 0 Å². The molecule has 4 N–H and O–H groups in total. The third kappa shape index (κ3) is 7.42. The molecule has 4 atom stereocenters. The first kappa shape index (κ1) is 30.9. The average molecular weight is 581 g/mol. The molecule has 0 radical (unpaired) electrons. The lowest BCUT2D eigenvalue weighted by Crippen LogP contribution is -2.62. The Morgan fingerprint density at radius 1 is 1.10 bits per heavy atom. The van der Waals surface area contributed by atoms with Gasteiger partial charge in [-0.3, -0.25) is 34.6 Å². The number of carbonyl (C=O) groups is 4. The quantitative estimate of drug-likeness (QED) is 0.396. The van der Waals surface area contributed by atoms with Crippen LogP contribution in [0, 0.1) is 11.8 Å². The zero-order valence-corrected chi connectivity index (χ0v) is 24.5. The van der Waals surface area contributed by atoms with Gasteiger partial charge in [0, 0.05) is 25.1 Å². The zero-order valence-electron chi connectivity index (χ0n) is 24.5. The first-order valence-electron chi connectivity index (χ1n) is 14.4. The molecule has 0 aliphatic carbocycles. The maximum absolute atomic E-state index is 13.4. The molecular weight excluding hydrogens is 540 g/mol. The molecule has 226 valence electrons. The highest BCUT2D eigenvalue weighted by Crippen LogP contribution is 2.21. The number of hydrogen-bond acceptors (Lipinski definition) is 9. The van der Waals surface area contributed by atoms with Crippen LogP contribution in [0.15, 0.2) is 36.4 Å². The molecule has 1 saturated heterocycles.